The topological polar surface area (TPSA) is 82.3 Å². The third-order valence-electron chi connectivity index (χ3n) is 6.12. The highest BCUT2D eigenvalue weighted by atomic mass is 16.5. The average Bonchev–Trinajstić information content (AvgIpc) is 3.41. The van der Waals surface area contributed by atoms with Crippen LogP contribution in [0.25, 0.3) is 0 Å². The first-order valence-corrected chi connectivity index (χ1v) is 11.6. The van der Waals surface area contributed by atoms with Crippen molar-refractivity contribution in [1.82, 2.24) is 24.2 Å². The lowest BCUT2D eigenvalue weighted by atomic mass is 10.0. The summed E-state index contributed by atoms with van der Waals surface area (Å²) >= 11 is 0. The highest BCUT2D eigenvalue weighted by Crippen LogP contribution is 2.25. The van der Waals surface area contributed by atoms with Gasteiger partial charge in [0.1, 0.15) is 5.82 Å². The molecule has 1 amide bonds. The first-order chi connectivity index (χ1) is 16.1. The van der Waals surface area contributed by atoms with Crippen LogP contribution >= 0.6 is 0 Å². The molecule has 2 aromatic heterocycles. The molecule has 4 rings (SSSR count). The zero-order valence-electron chi connectivity index (χ0n) is 19.4. The number of rotatable bonds is 9. The molecule has 1 aliphatic rings. The third-order valence-corrected chi connectivity index (χ3v) is 6.12. The molecule has 1 aliphatic heterocycles. The van der Waals surface area contributed by atoms with E-state index in [0.717, 1.165) is 36.5 Å². The zero-order chi connectivity index (χ0) is 23.2. The Labute approximate surface area is 194 Å². The number of carbonyl (C=O) groups excluding carboxylic acids is 2. The quantitative estimate of drug-likeness (QED) is 0.469. The summed E-state index contributed by atoms with van der Waals surface area (Å²) in [6, 6.07) is 10.4. The van der Waals surface area contributed by atoms with Crippen LogP contribution in [0, 0.1) is 6.92 Å². The van der Waals surface area contributed by atoms with Crippen molar-refractivity contribution < 1.29 is 14.3 Å². The van der Waals surface area contributed by atoms with E-state index in [1.807, 2.05) is 45.5 Å². The van der Waals surface area contributed by atoms with Crippen LogP contribution < -0.4 is 0 Å². The summed E-state index contributed by atoms with van der Waals surface area (Å²) in [5.41, 5.74) is 3.50. The highest BCUT2D eigenvalue weighted by Gasteiger charge is 2.30. The molecule has 0 saturated heterocycles. The largest absolute Gasteiger partial charge is 0.461 e. The number of hydrogen-bond donors (Lipinski definition) is 0. The van der Waals surface area contributed by atoms with Crippen LogP contribution in [0.15, 0.2) is 42.7 Å². The monoisotopic (exact) mass is 449 g/mol. The number of fused-ring (bicyclic) bond motifs is 1. The second-order valence-electron chi connectivity index (χ2n) is 8.29. The molecule has 0 radical (unpaired) electrons. The maximum atomic E-state index is 12.9. The predicted octanol–water partition coefficient (Wildman–Crippen LogP) is 3.17. The van der Waals surface area contributed by atoms with Crippen LogP contribution in [-0.2, 0) is 42.0 Å². The number of carbonyl (C=O) groups is 2. The maximum Gasteiger partial charge on any atom is 0.359 e. The van der Waals surface area contributed by atoms with E-state index in [1.54, 1.807) is 13.1 Å². The molecule has 0 N–H and O–H groups in total. The molecule has 0 fully saturated rings. The number of hydrogen-bond acceptors (Lipinski definition) is 5. The lowest BCUT2D eigenvalue weighted by Crippen LogP contribution is -2.37. The number of aromatic nitrogens is 4. The fraction of sp³-hybridized carbons (Fsp3) is 0.440. The molecular formula is C25H31N5O3. The van der Waals surface area contributed by atoms with Gasteiger partial charge in [0, 0.05) is 62.7 Å². The van der Waals surface area contributed by atoms with Gasteiger partial charge in [-0.05, 0) is 32.3 Å². The minimum absolute atomic E-state index is 0.0698. The molecule has 0 aliphatic carbocycles. The molecule has 174 valence electrons. The van der Waals surface area contributed by atoms with Gasteiger partial charge in [-0.2, -0.15) is 5.10 Å². The van der Waals surface area contributed by atoms with Crippen LogP contribution in [0.2, 0.25) is 0 Å². The number of aryl methyl sites for hydroxylation is 4. The fourth-order valence-corrected chi connectivity index (χ4v) is 4.34. The second-order valence-corrected chi connectivity index (χ2v) is 8.29. The van der Waals surface area contributed by atoms with Crippen LogP contribution in [-0.4, -0.2) is 49.3 Å². The van der Waals surface area contributed by atoms with E-state index in [1.165, 1.54) is 5.56 Å². The molecule has 0 unspecified atom stereocenters. The van der Waals surface area contributed by atoms with E-state index in [4.69, 9.17) is 4.74 Å². The lowest BCUT2D eigenvalue weighted by Gasteiger charge is -2.28. The van der Waals surface area contributed by atoms with E-state index >= 15 is 0 Å². The smallest absolute Gasteiger partial charge is 0.359 e. The molecular weight excluding hydrogens is 418 g/mol. The first-order valence-electron chi connectivity index (χ1n) is 11.6. The molecule has 8 heteroatoms. The summed E-state index contributed by atoms with van der Waals surface area (Å²) in [5, 5.41) is 4.63. The molecule has 0 atom stereocenters. The van der Waals surface area contributed by atoms with Gasteiger partial charge in [0.15, 0.2) is 5.69 Å². The molecule has 1 aromatic carbocycles. The van der Waals surface area contributed by atoms with E-state index in [-0.39, 0.29) is 5.91 Å². The number of amides is 1. The van der Waals surface area contributed by atoms with Gasteiger partial charge in [0.2, 0.25) is 5.91 Å². The first kappa shape index (κ1) is 22.8. The zero-order valence-corrected chi connectivity index (χ0v) is 19.4. The molecule has 0 spiro atoms. The number of ether oxygens (including phenoxy) is 1. The summed E-state index contributed by atoms with van der Waals surface area (Å²) < 4.78 is 9.18. The SMILES string of the molecule is CCOC(=O)c1nn(CCCc2ccccc2)c2c1CN(C(=O)CCn1ccnc1C)CC2. The molecule has 0 saturated carbocycles. The summed E-state index contributed by atoms with van der Waals surface area (Å²) in [5.74, 6) is 0.546. The number of benzene rings is 1. The van der Waals surface area contributed by atoms with E-state index in [2.05, 4.69) is 22.2 Å². The second kappa shape index (κ2) is 10.5. The van der Waals surface area contributed by atoms with Gasteiger partial charge in [-0.15, -0.1) is 0 Å². The Hall–Kier alpha value is -3.42. The summed E-state index contributed by atoms with van der Waals surface area (Å²) in [7, 11) is 0. The Bertz CT molecular complexity index is 1100. The molecule has 33 heavy (non-hydrogen) atoms. The van der Waals surface area contributed by atoms with Gasteiger partial charge in [0.25, 0.3) is 0 Å². The minimum atomic E-state index is -0.418. The summed E-state index contributed by atoms with van der Waals surface area (Å²) in [6.45, 7) is 6.35. The van der Waals surface area contributed by atoms with Crippen LogP contribution in [0.5, 0.6) is 0 Å². The Balaban J connectivity index is 1.45. The van der Waals surface area contributed by atoms with Gasteiger partial charge < -0.3 is 14.2 Å². The molecule has 0 bridgehead atoms. The van der Waals surface area contributed by atoms with Gasteiger partial charge in [-0.1, -0.05) is 30.3 Å². The van der Waals surface area contributed by atoms with E-state index < -0.39 is 5.97 Å². The maximum absolute atomic E-state index is 12.9. The van der Waals surface area contributed by atoms with Gasteiger partial charge in [-0.25, -0.2) is 9.78 Å². The fourth-order valence-electron chi connectivity index (χ4n) is 4.34. The minimum Gasteiger partial charge on any atom is -0.461 e. The Morgan fingerprint density at radius 1 is 1.15 bits per heavy atom. The highest BCUT2D eigenvalue weighted by molar-refractivity contribution is 5.89. The average molecular weight is 450 g/mol. The summed E-state index contributed by atoms with van der Waals surface area (Å²) in [6.07, 6.45) is 6.57. The molecule has 8 nitrogen and oxygen atoms in total. The van der Waals surface area contributed by atoms with Gasteiger partial charge in [-0.3, -0.25) is 9.48 Å². The lowest BCUT2D eigenvalue weighted by molar-refractivity contribution is -0.132. The third kappa shape index (κ3) is 5.32. The van der Waals surface area contributed by atoms with Crippen molar-refractivity contribution in [2.24, 2.45) is 0 Å². The number of imidazole rings is 1. The predicted molar refractivity (Wildman–Crippen MR) is 124 cm³/mol. The van der Waals surface area contributed by atoms with Crippen molar-refractivity contribution in [3.05, 3.63) is 71.1 Å². The van der Waals surface area contributed by atoms with Crippen LogP contribution in [0.4, 0.5) is 0 Å². The van der Waals surface area contributed by atoms with Gasteiger partial charge in [0.05, 0.1) is 6.61 Å². The van der Waals surface area contributed by atoms with Crippen molar-refractivity contribution in [1.29, 1.82) is 0 Å². The normalized spacial score (nSPS) is 13.1. The van der Waals surface area contributed by atoms with Crippen molar-refractivity contribution in [3.63, 3.8) is 0 Å². The van der Waals surface area contributed by atoms with Crippen molar-refractivity contribution in [2.45, 2.75) is 59.2 Å². The van der Waals surface area contributed by atoms with Crippen molar-refractivity contribution in [3.8, 4) is 0 Å². The standard InChI is InChI=1S/C25H31N5O3/c1-3-33-25(32)24-21-18-29(23(31)12-16-28-17-13-26-19(28)2)15-11-22(21)30(27-24)14-7-10-20-8-5-4-6-9-20/h4-6,8-9,13,17H,3,7,10-12,14-16,18H2,1-2H3. The van der Waals surface area contributed by atoms with Crippen molar-refractivity contribution in [2.75, 3.05) is 13.2 Å². The molecule has 3 heterocycles. The number of esters is 1. The van der Waals surface area contributed by atoms with Crippen molar-refractivity contribution >= 4 is 11.9 Å². The number of nitrogens with zero attached hydrogens (tertiary/aromatic N) is 5. The Kier molecular flexibility index (Phi) is 7.22. The van der Waals surface area contributed by atoms with E-state index in [9.17, 15) is 9.59 Å². The Morgan fingerprint density at radius 3 is 2.70 bits per heavy atom. The van der Waals surface area contributed by atoms with E-state index in [0.29, 0.717) is 44.8 Å². The molecule has 3 aromatic rings. The Morgan fingerprint density at radius 2 is 1.97 bits per heavy atom. The van der Waals surface area contributed by atoms with Gasteiger partial charge >= 0.3 is 5.97 Å². The van der Waals surface area contributed by atoms with Crippen LogP contribution in [0.3, 0.4) is 0 Å². The summed E-state index contributed by atoms with van der Waals surface area (Å²) in [4.78, 5) is 31.5. The van der Waals surface area contributed by atoms with Crippen LogP contribution in [0.1, 0.15) is 52.9 Å².